The van der Waals surface area contributed by atoms with Crippen LogP contribution < -0.4 is 0 Å². The Morgan fingerprint density at radius 2 is 0.948 bits per heavy atom. The molecule has 3 aromatic heterocycles. The number of carbonyl (C=O) groups is 1. The van der Waals surface area contributed by atoms with Gasteiger partial charge >= 0.3 is 0 Å². The highest BCUT2D eigenvalue weighted by Gasteiger charge is 2.29. The zero-order chi connectivity index (χ0) is 41.2. The molecule has 0 radical (unpaired) electrons. The van der Waals surface area contributed by atoms with Gasteiger partial charge in [0.1, 0.15) is 6.29 Å². The first-order valence-corrected chi connectivity index (χ1v) is 21.8. The molecule has 2 aliphatic rings. The number of aryl methyl sites for hydroxylation is 6. The van der Waals surface area contributed by atoms with Crippen molar-refractivity contribution in [3.8, 4) is 22.3 Å². The van der Waals surface area contributed by atoms with Crippen LogP contribution in [0.5, 0.6) is 0 Å². The summed E-state index contributed by atoms with van der Waals surface area (Å²) < 4.78 is 0. The van der Waals surface area contributed by atoms with Gasteiger partial charge in [-0.3, -0.25) is 4.79 Å². The summed E-state index contributed by atoms with van der Waals surface area (Å²) in [7, 11) is 0. The molecule has 0 fully saturated rings. The van der Waals surface area contributed by atoms with Gasteiger partial charge in [0.15, 0.2) is 0 Å². The summed E-state index contributed by atoms with van der Waals surface area (Å²) in [4.78, 5) is 31.8. The molecule has 0 unspecified atom stereocenters. The van der Waals surface area contributed by atoms with Crippen molar-refractivity contribution in [2.24, 2.45) is 0 Å². The van der Waals surface area contributed by atoms with Crippen molar-refractivity contribution in [1.82, 2.24) is 19.9 Å². The first-order valence-electron chi connectivity index (χ1n) is 21.8. The minimum atomic E-state index is 0.811. The maximum absolute atomic E-state index is 12.2. The Morgan fingerprint density at radius 3 is 1.45 bits per heavy atom. The number of aldehydes is 1. The Hall–Kier alpha value is -5.55. The minimum absolute atomic E-state index is 0.811. The van der Waals surface area contributed by atoms with Gasteiger partial charge in [-0.05, 0) is 139 Å². The molecule has 58 heavy (non-hydrogen) atoms. The first-order chi connectivity index (χ1) is 28.2. The molecule has 8 bridgehead atoms. The summed E-state index contributed by atoms with van der Waals surface area (Å²) in [5.41, 5.74) is 26.6. The number of fused-ring (bicyclic) bond motifs is 8. The number of allylic oxidation sites excluding steroid dienone is 5. The molecule has 2 N–H and O–H groups in total. The van der Waals surface area contributed by atoms with Gasteiger partial charge in [0.05, 0.1) is 39.3 Å². The van der Waals surface area contributed by atoms with E-state index in [-0.39, 0.29) is 0 Å². The van der Waals surface area contributed by atoms with Crippen LogP contribution in [-0.2, 0) is 30.5 Å². The Balaban J connectivity index is 1.88. The number of aromatic amines is 2. The van der Waals surface area contributed by atoms with Gasteiger partial charge in [-0.25, -0.2) is 9.97 Å². The van der Waals surface area contributed by atoms with E-state index in [2.05, 4.69) is 134 Å². The lowest BCUT2D eigenvalue weighted by atomic mass is 9.91. The zero-order valence-corrected chi connectivity index (χ0v) is 36.4. The second-order valence-corrected chi connectivity index (χ2v) is 15.6. The predicted octanol–water partition coefficient (Wildman–Crippen LogP) is 14.2. The van der Waals surface area contributed by atoms with Gasteiger partial charge < -0.3 is 9.97 Å². The van der Waals surface area contributed by atoms with Gasteiger partial charge in [-0.15, -0.1) is 0 Å². The fourth-order valence-electron chi connectivity index (χ4n) is 9.70. The van der Waals surface area contributed by atoms with Gasteiger partial charge in [-0.1, -0.05) is 115 Å². The van der Waals surface area contributed by atoms with Crippen molar-refractivity contribution >= 4 is 56.7 Å². The summed E-state index contributed by atoms with van der Waals surface area (Å²) in [5.74, 6) is 0. The van der Waals surface area contributed by atoms with E-state index in [0.717, 1.165) is 130 Å². The number of aromatic nitrogens is 4. The van der Waals surface area contributed by atoms with E-state index in [1.54, 1.807) is 6.08 Å². The lowest BCUT2D eigenvalue weighted by molar-refractivity contribution is -0.104. The molecule has 0 amide bonds. The van der Waals surface area contributed by atoms with Crippen molar-refractivity contribution in [3.63, 3.8) is 0 Å². The lowest BCUT2D eigenvalue weighted by Gasteiger charge is -2.11. The normalized spacial score (nSPS) is 13.1. The third-order valence-corrected chi connectivity index (χ3v) is 12.4. The third-order valence-electron chi connectivity index (χ3n) is 12.4. The number of hydrogen-bond donors (Lipinski definition) is 2. The molecule has 2 aromatic carbocycles. The number of carbonyl (C=O) groups excluding carboxylic acids is 1. The highest BCUT2D eigenvalue weighted by atomic mass is 16.1. The van der Waals surface area contributed by atoms with Crippen molar-refractivity contribution in [2.75, 3.05) is 0 Å². The number of nitrogens with zero attached hydrogens (tertiary/aromatic N) is 2. The standard InChI is InChI=1S/C53H60N4O/c1-11-35-37(13-3)50-46(33-25-21-31(9)22-26-33)52-41(17-7)39(15-5)48(56-52)43(20-19-29-58)49-40(16-6)42(18-8)53(57-49)47(34-27-23-32(10)24-28-34)51-38(14-4)36(12-2)45(55-51)30-44(35)54-50/h19-30,54,57H,11-18H2,1-10H3/b20-19+,44-30?,45-30?,48-43?,49-43?,50-46?,51-47?,52-46?,53-47?. The molecule has 0 spiro atoms. The molecule has 0 saturated carbocycles. The topological polar surface area (TPSA) is 74.4 Å². The van der Waals surface area contributed by atoms with Crippen LogP contribution in [0.3, 0.4) is 0 Å². The molecule has 0 atom stereocenters. The fourth-order valence-corrected chi connectivity index (χ4v) is 9.70. The smallest absolute Gasteiger partial charge is 0.142 e. The summed E-state index contributed by atoms with van der Waals surface area (Å²) in [6, 6.07) is 20.2. The average Bonchev–Trinajstić information content (AvgIpc) is 3.99. The second-order valence-electron chi connectivity index (χ2n) is 15.6. The first kappa shape index (κ1) is 40.6. The van der Waals surface area contributed by atoms with Gasteiger partial charge in [0, 0.05) is 22.2 Å². The molecule has 5 heterocycles. The van der Waals surface area contributed by atoms with Crippen molar-refractivity contribution in [2.45, 2.75) is 121 Å². The number of rotatable bonds is 12. The van der Waals surface area contributed by atoms with Crippen LogP contribution in [0.4, 0.5) is 0 Å². The SMILES string of the molecule is CCC1=C(CC)c2nc1cc1[nH]c(c(CC)c1CC)c(-c1ccc(C)cc1)c1nc(c(/C=C/C=O)c3[nH]c(c(CC)c3CC)c2-c2ccc(C)cc2)C(CC)=C1CC. The lowest BCUT2D eigenvalue weighted by Crippen LogP contribution is -1.93. The molecular formula is C53H60N4O. The van der Waals surface area contributed by atoms with Crippen LogP contribution in [0.15, 0.2) is 60.7 Å². The highest BCUT2D eigenvalue weighted by Crippen LogP contribution is 2.46. The minimum Gasteiger partial charge on any atom is -0.354 e. The molecule has 0 aliphatic carbocycles. The van der Waals surface area contributed by atoms with Crippen LogP contribution in [-0.4, -0.2) is 26.2 Å². The summed E-state index contributed by atoms with van der Waals surface area (Å²) in [5, 5.41) is 0. The van der Waals surface area contributed by atoms with Gasteiger partial charge in [0.2, 0.25) is 0 Å². The van der Waals surface area contributed by atoms with Crippen molar-refractivity contribution in [3.05, 3.63) is 122 Å². The maximum Gasteiger partial charge on any atom is 0.142 e. The van der Waals surface area contributed by atoms with Gasteiger partial charge in [-0.2, -0.15) is 0 Å². The van der Waals surface area contributed by atoms with Crippen LogP contribution in [0.1, 0.15) is 143 Å². The Labute approximate surface area is 345 Å². The molecule has 5 aromatic rings. The summed E-state index contributed by atoms with van der Waals surface area (Å²) in [6.07, 6.45) is 11.3. The molecule has 2 aliphatic heterocycles. The molecule has 5 nitrogen and oxygen atoms in total. The second kappa shape index (κ2) is 17.1. The molecule has 5 heteroatoms. The third kappa shape index (κ3) is 6.82. The van der Waals surface area contributed by atoms with Gasteiger partial charge in [0.25, 0.3) is 0 Å². The van der Waals surface area contributed by atoms with Crippen LogP contribution in [0.2, 0.25) is 0 Å². The Kier molecular flexibility index (Phi) is 12.0. The van der Waals surface area contributed by atoms with E-state index in [9.17, 15) is 4.79 Å². The fraction of sp³-hybridized carbons (Fsp3) is 0.340. The summed E-state index contributed by atoms with van der Waals surface area (Å²) in [6.45, 7) is 22.4. The largest absolute Gasteiger partial charge is 0.354 e. The van der Waals surface area contributed by atoms with E-state index in [1.165, 1.54) is 55.7 Å². The van der Waals surface area contributed by atoms with E-state index in [4.69, 9.17) is 9.97 Å². The molecule has 298 valence electrons. The number of nitrogens with one attached hydrogen (secondary N) is 2. The zero-order valence-electron chi connectivity index (χ0n) is 36.4. The monoisotopic (exact) mass is 768 g/mol. The van der Waals surface area contributed by atoms with Crippen LogP contribution >= 0.6 is 0 Å². The molecule has 7 rings (SSSR count). The number of hydrogen-bond acceptors (Lipinski definition) is 3. The predicted molar refractivity (Wildman–Crippen MR) is 249 cm³/mol. The molecular weight excluding hydrogens is 709 g/mol. The number of H-pyrrole nitrogens is 2. The van der Waals surface area contributed by atoms with Crippen LogP contribution in [0.25, 0.3) is 72.7 Å². The molecule has 0 saturated heterocycles. The van der Waals surface area contributed by atoms with E-state index >= 15 is 0 Å². The van der Waals surface area contributed by atoms with E-state index in [1.807, 2.05) is 6.08 Å². The van der Waals surface area contributed by atoms with E-state index in [0.29, 0.717) is 0 Å². The van der Waals surface area contributed by atoms with Crippen molar-refractivity contribution in [1.29, 1.82) is 0 Å². The summed E-state index contributed by atoms with van der Waals surface area (Å²) >= 11 is 0. The average molecular weight is 769 g/mol. The van der Waals surface area contributed by atoms with Crippen LogP contribution in [0, 0.1) is 13.8 Å². The van der Waals surface area contributed by atoms with Crippen molar-refractivity contribution < 1.29 is 4.79 Å². The Bertz CT molecular complexity index is 2610. The maximum atomic E-state index is 12.2. The van der Waals surface area contributed by atoms with E-state index < -0.39 is 0 Å². The Morgan fingerprint density at radius 1 is 0.500 bits per heavy atom. The highest BCUT2D eigenvalue weighted by molar-refractivity contribution is 6.05. The number of benzene rings is 2. The quantitative estimate of drug-likeness (QED) is 0.0980.